The third-order valence-electron chi connectivity index (χ3n) is 5.26. The molecule has 0 bridgehead atoms. The predicted molar refractivity (Wildman–Crippen MR) is 101 cm³/mol. The summed E-state index contributed by atoms with van der Waals surface area (Å²) in [6.45, 7) is 6.60. The monoisotopic (exact) mass is 390 g/mol. The highest BCUT2D eigenvalue weighted by Gasteiger charge is 2.27. The van der Waals surface area contributed by atoms with Gasteiger partial charge in [0.25, 0.3) is 5.56 Å². The Labute approximate surface area is 162 Å². The number of rotatable bonds is 3. The van der Waals surface area contributed by atoms with E-state index in [4.69, 9.17) is 9.72 Å². The average molecular weight is 390 g/mol. The Morgan fingerprint density at radius 1 is 1.25 bits per heavy atom. The summed E-state index contributed by atoms with van der Waals surface area (Å²) in [5.74, 6) is -0.339. The molecule has 2 aliphatic rings. The van der Waals surface area contributed by atoms with Crippen LogP contribution >= 0.6 is 0 Å². The van der Waals surface area contributed by atoms with Gasteiger partial charge in [-0.2, -0.15) is 0 Å². The molecule has 28 heavy (non-hydrogen) atoms. The van der Waals surface area contributed by atoms with Gasteiger partial charge >= 0.3 is 0 Å². The Balaban J connectivity index is 1.56. The summed E-state index contributed by atoms with van der Waals surface area (Å²) in [7, 11) is 0. The van der Waals surface area contributed by atoms with Gasteiger partial charge in [0.2, 0.25) is 5.95 Å². The van der Waals surface area contributed by atoms with Crippen molar-refractivity contribution in [2.45, 2.75) is 45.6 Å². The van der Waals surface area contributed by atoms with E-state index in [1.807, 2.05) is 23.6 Å². The lowest BCUT2D eigenvalue weighted by molar-refractivity contribution is -0.00576. The second-order valence-corrected chi connectivity index (χ2v) is 7.67. The van der Waals surface area contributed by atoms with E-state index in [2.05, 4.69) is 4.98 Å². The van der Waals surface area contributed by atoms with E-state index in [1.165, 1.54) is 6.07 Å². The standard InChI is InChI=1S/C20H24F2N4O2/c1-12-8-26(9-13(2)28-12)20-23-18-11-25(6-5-16(18)19(27)24-20)10-14-7-15(21)3-4-17(14)22/h3-4,7,12-13H,5-6,8-11H2,1-2H3,(H,23,24,27)/t12-,13-/m0/s1. The molecule has 1 aromatic carbocycles. The van der Waals surface area contributed by atoms with Crippen LogP contribution in [0.2, 0.25) is 0 Å². The lowest BCUT2D eigenvalue weighted by atomic mass is 10.1. The van der Waals surface area contributed by atoms with Crippen molar-refractivity contribution in [2.75, 3.05) is 24.5 Å². The summed E-state index contributed by atoms with van der Waals surface area (Å²) in [5, 5.41) is 0. The van der Waals surface area contributed by atoms with Crippen LogP contribution < -0.4 is 10.5 Å². The maximum atomic E-state index is 14.0. The fraction of sp³-hybridized carbons (Fsp3) is 0.500. The number of fused-ring (bicyclic) bond motifs is 1. The summed E-state index contributed by atoms with van der Waals surface area (Å²) in [6.07, 6.45) is 0.639. The van der Waals surface area contributed by atoms with E-state index in [0.29, 0.717) is 55.4 Å². The largest absolute Gasteiger partial charge is 0.372 e. The summed E-state index contributed by atoms with van der Waals surface area (Å²) in [5.41, 5.74) is 1.57. The Hall–Kier alpha value is -2.32. The molecule has 0 amide bonds. The number of anilines is 1. The Morgan fingerprint density at radius 3 is 2.75 bits per heavy atom. The molecule has 8 heteroatoms. The summed E-state index contributed by atoms with van der Waals surface area (Å²) in [4.78, 5) is 24.2. The van der Waals surface area contributed by atoms with E-state index < -0.39 is 11.6 Å². The van der Waals surface area contributed by atoms with Gasteiger partial charge in [0.15, 0.2) is 0 Å². The van der Waals surface area contributed by atoms with E-state index in [0.717, 1.165) is 12.1 Å². The van der Waals surface area contributed by atoms with Crippen molar-refractivity contribution in [1.29, 1.82) is 0 Å². The SMILES string of the molecule is C[C@H]1CN(c2nc3c(c(=O)[nH]2)CCN(Cc2cc(F)ccc2F)C3)C[C@H](C)O1. The number of aromatic amines is 1. The third-order valence-corrected chi connectivity index (χ3v) is 5.26. The lowest BCUT2D eigenvalue weighted by Gasteiger charge is -2.36. The molecule has 2 aliphatic heterocycles. The van der Waals surface area contributed by atoms with Gasteiger partial charge in [0, 0.05) is 43.9 Å². The normalized spacial score (nSPS) is 22.9. The smallest absolute Gasteiger partial charge is 0.255 e. The van der Waals surface area contributed by atoms with Crippen molar-refractivity contribution >= 4 is 5.95 Å². The minimum absolute atomic E-state index is 0.0533. The maximum absolute atomic E-state index is 14.0. The molecular formula is C20H24F2N4O2. The number of halogens is 2. The van der Waals surface area contributed by atoms with Gasteiger partial charge in [-0.25, -0.2) is 13.8 Å². The minimum atomic E-state index is -0.457. The second-order valence-electron chi connectivity index (χ2n) is 7.67. The van der Waals surface area contributed by atoms with Gasteiger partial charge in [0.1, 0.15) is 11.6 Å². The van der Waals surface area contributed by atoms with Crippen LogP contribution in [0.5, 0.6) is 0 Å². The maximum Gasteiger partial charge on any atom is 0.255 e. The van der Waals surface area contributed by atoms with Gasteiger partial charge in [-0.1, -0.05) is 0 Å². The molecule has 150 valence electrons. The number of nitrogens with one attached hydrogen (secondary N) is 1. The molecule has 0 aliphatic carbocycles. The van der Waals surface area contributed by atoms with Crippen molar-refractivity contribution in [3.8, 4) is 0 Å². The number of nitrogens with zero attached hydrogens (tertiary/aromatic N) is 3. The van der Waals surface area contributed by atoms with E-state index in [-0.39, 0.29) is 24.3 Å². The topological polar surface area (TPSA) is 61.5 Å². The highest BCUT2D eigenvalue weighted by Crippen LogP contribution is 2.21. The molecule has 0 saturated carbocycles. The van der Waals surface area contributed by atoms with Crippen LogP contribution in [0.25, 0.3) is 0 Å². The van der Waals surface area contributed by atoms with Crippen molar-refractivity contribution in [2.24, 2.45) is 0 Å². The van der Waals surface area contributed by atoms with E-state index in [1.54, 1.807) is 0 Å². The molecule has 4 rings (SSSR count). The quantitative estimate of drug-likeness (QED) is 0.871. The fourth-order valence-electron chi connectivity index (χ4n) is 4.02. The molecule has 0 spiro atoms. The lowest BCUT2D eigenvalue weighted by Crippen LogP contribution is -2.47. The predicted octanol–water partition coefficient (Wildman–Crippen LogP) is 2.22. The number of hydrogen-bond acceptors (Lipinski definition) is 5. The summed E-state index contributed by atoms with van der Waals surface area (Å²) >= 11 is 0. The molecule has 2 aromatic rings. The van der Waals surface area contributed by atoms with Gasteiger partial charge < -0.3 is 9.64 Å². The van der Waals surface area contributed by atoms with Gasteiger partial charge in [-0.05, 0) is 38.5 Å². The highest BCUT2D eigenvalue weighted by atomic mass is 19.1. The molecule has 1 N–H and O–H groups in total. The van der Waals surface area contributed by atoms with Crippen molar-refractivity contribution in [1.82, 2.24) is 14.9 Å². The van der Waals surface area contributed by atoms with Crippen molar-refractivity contribution in [3.05, 3.63) is 57.0 Å². The molecule has 1 aromatic heterocycles. The first kappa shape index (κ1) is 19.0. The van der Waals surface area contributed by atoms with Gasteiger partial charge in [0.05, 0.1) is 17.9 Å². The molecule has 1 fully saturated rings. The zero-order valence-electron chi connectivity index (χ0n) is 16.0. The summed E-state index contributed by atoms with van der Waals surface area (Å²) in [6, 6.07) is 3.48. The first-order valence-electron chi connectivity index (χ1n) is 9.58. The first-order chi connectivity index (χ1) is 13.4. The van der Waals surface area contributed by atoms with Crippen LogP contribution in [-0.4, -0.2) is 46.7 Å². The number of ether oxygens (including phenoxy) is 1. The number of morpholine rings is 1. The number of H-pyrrole nitrogens is 1. The van der Waals surface area contributed by atoms with E-state index in [9.17, 15) is 13.6 Å². The molecule has 0 unspecified atom stereocenters. The number of aromatic nitrogens is 2. The molecule has 2 atom stereocenters. The number of benzene rings is 1. The zero-order valence-corrected chi connectivity index (χ0v) is 16.0. The van der Waals surface area contributed by atoms with Crippen LogP contribution in [0.1, 0.15) is 30.7 Å². The van der Waals surface area contributed by atoms with Crippen LogP contribution in [0.4, 0.5) is 14.7 Å². The number of hydrogen-bond donors (Lipinski definition) is 1. The van der Waals surface area contributed by atoms with Crippen molar-refractivity contribution < 1.29 is 13.5 Å². The van der Waals surface area contributed by atoms with E-state index >= 15 is 0 Å². The molecule has 6 nitrogen and oxygen atoms in total. The Morgan fingerprint density at radius 2 is 2.00 bits per heavy atom. The molecular weight excluding hydrogens is 366 g/mol. The van der Waals surface area contributed by atoms with Crippen LogP contribution in [0.3, 0.4) is 0 Å². The highest BCUT2D eigenvalue weighted by molar-refractivity contribution is 5.35. The van der Waals surface area contributed by atoms with Gasteiger partial charge in [-0.15, -0.1) is 0 Å². The zero-order chi connectivity index (χ0) is 19.8. The molecule has 0 radical (unpaired) electrons. The van der Waals surface area contributed by atoms with Gasteiger partial charge in [-0.3, -0.25) is 14.7 Å². The Kier molecular flexibility index (Phi) is 5.16. The average Bonchev–Trinajstić information content (AvgIpc) is 2.63. The van der Waals surface area contributed by atoms with Crippen LogP contribution in [0, 0.1) is 11.6 Å². The fourth-order valence-corrected chi connectivity index (χ4v) is 4.02. The third kappa shape index (κ3) is 3.93. The Bertz CT molecular complexity index is 923. The van der Waals surface area contributed by atoms with Crippen LogP contribution in [-0.2, 0) is 24.2 Å². The minimum Gasteiger partial charge on any atom is -0.372 e. The summed E-state index contributed by atoms with van der Waals surface area (Å²) < 4.78 is 33.2. The first-order valence-corrected chi connectivity index (χ1v) is 9.58. The second kappa shape index (κ2) is 7.60. The van der Waals surface area contributed by atoms with Crippen LogP contribution in [0.15, 0.2) is 23.0 Å². The molecule has 1 saturated heterocycles. The molecule has 3 heterocycles. The van der Waals surface area contributed by atoms with Crippen molar-refractivity contribution in [3.63, 3.8) is 0 Å².